The van der Waals surface area contributed by atoms with Gasteiger partial charge in [-0.3, -0.25) is 4.79 Å². The van der Waals surface area contributed by atoms with E-state index in [4.69, 9.17) is 11.6 Å². The molecule has 0 atom stereocenters. The number of carbonyl (C=O) groups is 1. The van der Waals surface area contributed by atoms with E-state index in [0.717, 1.165) is 21.9 Å². The van der Waals surface area contributed by atoms with Gasteiger partial charge in [-0.25, -0.2) is 0 Å². The van der Waals surface area contributed by atoms with Crippen LogP contribution in [0.25, 0.3) is 5.03 Å². The van der Waals surface area contributed by atoms with Crippen molar-refractivity contribution < 1.29 is 4.79 Å². The molecule has 0 fully saturated rings. The Kier molecular flexibility index (Phi) is 2.26. The minimum absolute atomic E-state index is 0.589. The van der Waals surface area contributed by atoms with Crippen LogP contribution in [0.3, 0.4) is 0 Å². The molecule has 66 valence electrons. The summed E-state index contributed by atoms with van der Waals surface area (Å²) < 4.78 is 0.983. The molecule has 1 aliphatic carbocycles. The maximum absolute atomic E-state index is 10.6. The van der Waals surface area contributed by atoms with E-state index < -0.39 is 0 Å². The summed E-state index contributed by atoms with van der Waals surface area (Å²) in [5.41, 5.74) is 2.77. The maximum Gasteiger partial charge on any atom is 0.147 e. The van der Waals surface area contributed by atoms with E-state index in [1.165, 1.54) is 0 Å². The average Bonchev–Trinajstić information content (AvgIpc) is 2.44. The molecule has 1 aliphatic rings. The van der Waals surface area contributed by atoms with Crippen LogP contribution in [0.1, 0.15) is 11.1 Å². The van der Waals surface area contributed by atoms with Gasteiger partial charge in [0.15, 0.2) is 0 Å². The van der Waals surface area contributed by atoms with Crippen LogP contribution >= 0.6 is 27.5 Å². The molecule has 0 heterocycles. The number of hydrogen-bond acceptors (Lipinski definition) is 1. The minimum Gasteiger partial charge on any atom is -0.298 e. The molecule has 3 heteroatoms. The summed E-state index contributed by atoms with van der Waals surface area (Å²) in [6.07, 6.45) is 1.49. The van der Waals surface area contributed by atoms with E-state index in [2.05, 4.69) is 15.9 Å². The zero-order chi connectivity index (χ0) is 9.42. The Hall–Kier alpha value is -0.600. The molecule has 1 aromatic rings. The molecule has 0 radical (unpaired) electrons. The molecule has 0 amide bonds. The monoisotopic (exact) mass is 256 g/mol. The lowest BCUT2D eigenvalue weighted by Gasteiger charge is -1.99. The highest BCUT2D eigenvalue weighted by molar-refractivity contribution is 9.10. The Morgan fingerprint density at radius 2 is 2.23 bits per heavy atom. The topological polar surface area (TPSA) is 17.1 Å². The lowest BCUT2D eigenvalue weighted by molar-refractivity contribution is -0.104. The summed E-state index contributed by atoms with van der Waals surface area (Å²) in [5, 5.41) is 0.589. The van der Waals surface area contributed by atoms with E-state index in [-0.39, 0.29) is 0 Å². The molecule has 0 spiro atoms. The molecular formula is C10H6BrClO. The number of rotatable bonds is 1. The van der Waals surface area contributed by atoms with Crippen molar-refractivity contribution in [1.82, 2.24) is 0 Å². The van der Waals surface area contributed by atoms with Crippen molar-refractivity contribution in [3.8, 4) is 0 Å². The lowest BCUT2D eigenvalue weighted by Crippen LogP contribution is -1.84. The molecule has 1 nitrogen and oxygen atoms in total. The van der Waals surface area contributed by atoms with E-state index in [9.17, 15) is 4.79 Å². The number of hydrogen-bond donors (Lipinski definition) is 0. The fourth-order valence-corrected chi connectivity index (χ4v) is 2.10. The van der Waals surface area contributed by atoms with Gasteiger partial charge in [0.25, 0.3) is 0 Å². The first-order valence-electron chi connectivity index (χ1n) is 3.85. The Morgan fingerprint density at radius 3 is 2.92 bits per heavy atom. The predicted octanol–water partition coefficient (Wildman–Crippen LogP) is 3.15. The SMILES string of the molecule is O=CC1=C(Cl)c2cc(Br)ccc2C1. The van der Waals surface area contributed by atoms with Crippen molar-refractivity contribution >= 4 is 38.8 Å². The average molecular weight is 258 g/mol. The Balaban J connectivity index is 2.58. The van der Waals surface area contributed by atoms with Crippen LogP contribution in [-0.4, -0.2) is 6.29 Å². The van der Waals surface area contributed by atoms with Crippen LogP contribution < -0.4 is 0 Å². The summed E-state index contributed by atoms with van der Waals surface area (Å²) in [6.45, 7) is 0. The third kappa shape index (κ3) is 1.45. The zero-order valence-electron chi connectivity index (χ0n) is 6.68. The normalized spacial score (nSPS) is 14.6. The molecule has 0 bridgehead atoms. The fraction of sp³-hybridized carbons (Fsp3) is 0.100. The highest BCUT2D eigenvalue weighted by Gasteiger charge is 2.19. The second kappa shape index (κ2) is 3.28. The smallest absolute Gasteiger partial charge is 0.147 e. The number of carbonyl (C=O) groups excluding carboxylic acids is 1. The molecule has 13 heavy (non-hydrogen) atoms. The van der Waals surface area contributed by atoms with Crippen LogP contribution in [0.15, 0.2) is 28.2 Å². The second-order valence-corrected chi connectivity index (χ2v) is 4.23. The van der Waals surface area contributed by atoms with Crippen molar-refractivity contribution in [3.05, 3.63) is 39.4 Å². The van der Waals surface area contributed by atoms with E-state index >= 15 is 0 Å². The first-order valence-corrected chi connectivity index (χ1v) is 5.02. The molecule has 0 aliphatic heterocycles. The van der Waals surface area contributed by atoms with Gasteiger partial charge in [-0.05, 0) is 23.3 Å². The highest BCUT2D eigenvalue weighted by Crippen LogP contribution is 2.35. The summed E-state index contributed by atoms with van der Waals surface area (Å²) in [6, 6.07) is 5.88. The Labute approximate surface area is 89.5 Å². The van der Waals surface area contributed by atoms with Gasteiger partial charge < -0.3 is 0 Å². The minimum atomic E-state index is 0.589. The van der Waals surface area contributed by atoms with Gasteiger partial charge in [-0.2, -0.15) is 0 Å². The van der Waals surface area contributed by atoms with Crippen LogP contribution in [0, 0.1) is 0 Å². The second-order valence-electron chi connectivity index (χ2n) is 2.94. The van der Waals surface area contributed by atoms with Gasteiger partial charge in [-0.15, -0.1) is 0 Å². The molecule has 0 N–H and O–H groups in total. The molecule has 1 aromatic carbocycles. The summed E-state index contributed by atoms with van der Waals surface area (Å²) >= 11 is 9.37. The zero-order valence-corrected chi connectivity index (χ0v) is 9.02. The van der Waals surface area contributed by atoms with E-state index in [1.54, 1.807) is 0 Å². The van der Waals surface area contributed by atoms with Gasteiger partial charge in [0.05, 0.1) is 5.03 Å². The van der Waals surface area contributed by atoms with Gasteiger partial charge in [0, 0.05) is 16.5 Å². The van der Waals surface area contributed by atoms with Crippen LogP contribution in [-0.2, 0) is 11.2 Å². The van der Waals surface area contributed by atoms with Gasteiger partial charge >= 0.3 is 0 Å². The van der Waals surface area contributed by atoms with E-state index in [1.807, 2.05) is 18.2 Å². The largest absolute Gasteiger partial charge is 0.298 e. The predicted molar refractivity (Wildman–Crippen MR) is 56.7 cm³/mol. The van der Waals surface area contributed by atoms with E-state index in [0.29, 0.717) is 17.0 Å². The molecule has 0 saturated carbocycles. The molecule has 0 aromatic heterocycles. The van der Waals surface area contributed by atoms with Crippen molar-refractivity contribution in [2.45, 2.75) is 6.42 Å². The quantitative estimate of drug-likeness (QED) is 0.706. The summed E-state index contributed by atoms with van der Waals surface area (Å²) in [4.78, 5) is 10.6. The van der Waals surface area contributed by atoms with Crippen LogP contribution in [0.4, 0.5) is 0 Å². The number of benzene rings is 1. The van der Waals surface area contributed by atoms with Gasteiger partial charge in [-0.1, -0.05) is 33.6 Å². The Bertz CT molecular complexity index is 409. The van der Waals surface area contributed by atoms with Crippen molar-refractivity contribution in [2.24, 2.45) is 0 Å². The molecular weight excluding hydrogens is 251 g/mol. The van der Waals surface area contributed by atoms with Crippen molar-refractivity contribution in [3.63, 3.8) is 0 Å². The molecule has 0 saturated heterocycles. The first kappa shape index (κ1) is 8.97. The van der Waals surface area contributed by atoms with Crippen molar-refractivity contribution in [2.75, 3.05) is 0 Å². The fourth-order valence-electron chi connectivity index (χ4n) is 1.46. The lowest BCUT2D eigenvalue weighted by atomic mass is 10.1. The number of allylic oxidation sites excluding steroid dienone is 1. The third-order valence-corrected chi connectivity index (χ3v) is 3.05. The van der Waals surface area contributed by atoms with Crippen LogP contribution in [0.2, 0.25) is 0 Å². The number of aldehydes is 1. The summed E-state index contributed by atoms with van der Waals surface area (Å²) in [5.74, 6) is 0. The standard InChI is InChI=1S/C10H6BrClO/c11-8-2-1-6-3-7(5-13)10(12)9(6)4-8/h1-2,4-5H,3H2. The molecule has 0 unspecified atom stereocenters. The highest BCUT2D eigenvalue weighted by atomic mass is 79.9. The maximum atomic E-state index is 10.6. The third-order valence-electron chi connectivity index (χ3n) is 2.11. The van der Waals surface area contributed by atoms with Gasteiger partial charge in [0.2, 0.25) is 0 Å². The van der Waals surface area contributed by atoms with Gasteiger partial charge in [0.1, 0.15) is 6.29 Å². The summed E-state index contributed by atoms with van der Waals surface area (Å²) in [7, 11) is 0. The Morgan fingerprint density at radius 1 is 1.46 bits per heavy atom. The first-order chi connectivity index (χ1) is 6.22. The molecule has 2 rings (SSSR count). The number of halogens is 2. The van der Waals surface area contributed by atoms with Crippen LogP contribution in [0.5, 0.6) is 0 Å². The number of fused-ring (bicyclic) bond motifs is 1. The van der Waals surface area contributed by atoms with Crippen molar-refractivity contribution in [1.29, 1.82) is 0 Å².